The van der Waals surface area contributed by atoms with Crippen molar-refractivity contribution in [2.45, 2.75) is 31.8 Å². The molecule has 0 radical (unpaired) electrons. The van der Waals surface area contributed by atoms with Crippen molar-refractivity contribution in [2.24, 2.45) is 10.9 Å². The third kappa shape index (κ3) is 3.95. The van der Waals surface area contributed by atoms with Crippen molar-refractivity contribution >= 4 is 5.84 Å². The second-order valence-corrected chi connectivity index (χ2v) is 5.45. The van der Waals surface area contributed by atoms with Gasteiger partial charge in [-0.3, -0.25) is 0 Å². The highest BCUT2D eigenvalue weighted by Crippen LogP contribution is 2.14. The number of benzene rings is 1. The molecular formula is C15H24N4O. The highest BCUT2D eigenvalue weighted by Gasteiger charge is 2.17. The van der Waals surface area contributed by atoms with Crippen LogP contribution in [0.25, 0.3) is 0 Å². The first-order valence-corrected chi connectivity index (χ1v) is 7.18. The molecule has 0 spiro atoms. The maximum Gasteiger partial charge on any atom is 0.170 e. The van der Waals surface area contributed by atoms with E-state index in [0.717, 1.165) is 24.2 Å². The fraction of sp³-hybridized carbons (Fsp3) is 0.533. The van der Waals surface area contributed by atoms with Crippen molar-refractivity contribution in [1.82, 2.24) is 10.2 Å². The van der Waals surface area contributed by atoms with Gasteiger partial charge in [0.25, 0.3) is 0 Å². The van der Waals surface area contributed by atoms with Gasteiger partial charge in [-0.2, -0.15) is 0 Å². The number of nitrogens with two attached hydrogens (primary N) is 1. The molecule has 5 nitrogen and oxygen atoms in total. The Labute approximate surface area is 120 Å². The van der Waals surface area contributed by atoms with Gasteiger partial charge in [0, 0.05) is 24.7 Å². The van der Waals surface area contributed by atoms with Gasteiger partial charge in [-0.05, 0) is 38.1 Å². The number of piperidine rings is 1. The van der Waals surface area contributed by atoms with Gasteiger partial charge in [0.15, 0.2) is 5.84 Å². The van der Waals surface area contributed by atoms with Gasteiger partial charge in [0.1, 0.15) is 0 Å². The largest absolute Gasteiger partial charge is 0.409 e. The summed E-state index contributed by atoms with van der Waals surface area (Å²) in [7, 11) is 2.20. The van der Waals surface area contributed by atoms with Crippen LogP contribution in [-0.4, -0.2) is 42.1 Å². The van der Waals surface area contributed by atoms with Crippen LogP contribution in [0.3, 0.4) is 0 Å². The molecule has 1 aromatic carbocycles. The highest BCUT2D eigenvalue weighted by atomic mass is 16.4. The monoisotopic (exact) mass is 276 g/mol. The second-order valence-electron chi connectivity index (χ2n) is 5.45. The van der Waals surface area contributed by atoms with E-state index in [1.54, 1.807) is 0 Å². The Kier molecular flexibility index (Phi) is 5.38. The van der Waals surface area contributed by atoms with Crippen molar-refractivity contribution in [3.63, 3.8) is 0 Å². The van der Waals surface area contributed by atoms with Crippen LogP contribution < -0.4 is 11.1 Å². The van der Waals surface area contributed by atoms with E-state index in [-0.39, 0.29) is 5.84 Å². The summed E-state index contributed by atoms with van der Waals surface area (Å²) in [6, 6.07) is 8.40. The molecule has 0 saturated carbocycles. The van der Waals surface area contributed by atoms with E-state index in [1.165, 1.54) is 25.8 Å². The molecule has 0 aliphatic carbocycles. The smallest absolute Gasteiger partial charge is 0.170 e. The molecule has 0 bridgehead atoms. The number of nitrogens with zero attached hydrogens (tertiary/aromatic N) is 2. The van der Waals surface area contributed by atoms with E-state index in [2.05, 4.69) is 22.4 Å². The van der Waals surface area contributed by atoms with E-state index in [4.69, 9.17) is 10.9 Å². The van der Waals surface area contributed by atoms with E-state index < -0.39 is 0 Å². The molecular weight excluding hydrogens is 252 g/mol. The van der Waals surface area contributed by atoms with Crippen LogP contribution in [0, 0.1) is 0 Å². The molecule has 1 heterocycles. The zero-order chi connectivity index (χ0) is 14.4. The topological polar surface area (TPSA) is 73.9 Å². The van der Waals surface area contributed by atoms with Gasteiger partial charge in [0.05, 0.1) is 0 Å². The highest BCUT2D eigenvalue weighted by molar-refractivity contribution is 5.97. The third-order valence-corrected chi connectivity index (χ3v) is 3.96. The second kappa shape index (κ2) is 7.26. The molecule has 2 rings (SSSR count). The Balaban J connectivity index is 1.84. The van der Waals surface area contributed by atoms with Crippen molar-refractivity contribution in [3.05, 3.63) is 35.4 Å². The number of rotatable bonds is 5. The lowest BCUT2D eigenvalue weighted by Crippen LogP contribution is -2.42. The molecule has 20 heavy (non-hydrogen) atoms. The first-order valence-electron chi connectivity index (χ1n) is 7.18. The van der Waals surface area contributed by atoms with Crippen LogP contribution in [0.2, 0.25) is 0 Å². The van der Waals surface area contributed by atoms with E-state index in [1.807, 2.05) is 24.3 Å². The van der Waals surface area contributed by atoms with Crippen LogP contribution in [0.4, 0.5) is 0 Å². The lowest BCUT2D eigenvalue weighted by atomic mass is 10.0. The standard InChI is InChI=1S/C15H24N4O/c1-19-8-3-2-7-14(19)11-17-10-12-5-4-6-13(9-12)15(16)18-20/h4-6,9,14,17,20H,2-3,7-8,10-11H2,1H3,(H2,16,18). The molecule has 1 aliphatic rings. The Morgan fingerprint density at radius 1 is 1.50 bits per heavy atom. The molecule has 110 valence electrons. The van der Waals surface area contributed by atoms with Gasteiger partial charge in [-0.25, -0.2) is 0 Å². The fourth-order valence-electron chi connectivity index (χ4n) is 2.68. The summed E-state index contributed by atoms with van der Waals surface area (Å²) in [6.07, 6.45) is 3.91. The number of likely N-dealkylation sites (tertiary alicyclic amines) is 1. The maximum absolute atomic E-state index is 8.70. The Bertz CT molecular complexity index is 461. The van der Waals surface area contributed by atoms with Gasteiger partial charge < -0.3 is 21.2 Å². The normalized spacial score (nSPS) is 21.1. The van der Waals surface area contributed by atoms with Gasteiger partial charge in [-0.1, -0.05) is 29.8 Å². The predicted octanol–water partition coefficient (Wildman–Crippen LogP) is 1.35. The molecule has 5 heteroatoms. The Morgan fingerprint density at radius 3 is 3.10 bits per heavy atom. The lowest BCUT2D eigenvalue weighted by molar-refractivity contribution is 0.181. The number of likely N-dealkylation sites (N-methyl/N-ethyl adjacent to an activating group) is 1. The molecule has 1 aromatic rings. The minimum Gasteiger partial charge on any atom is -0.409 e. The number of hydrogen-bond acceptors (Lipinski definition) is 4. The summed E-state index contributed by atoms with van der Waals surface area (Å²) in [5.41, 5.74) is 7.50. The van der Waals surface area contributed by atoms with Gasteiger partial charge >= 0.3 is 0 Å². The third-order valence-electron chi connectivity index (χ3n) is 3.96. The van der Waals surface area contributed by atoms with Crippen LogP contribution in [0.5, 0.6) is 0 Å². The number of amidine groups is 1. The summed E-state index contributed by atoms with van der Waals surface area (Å²) < 4.78 is 0. The molecule has 0 aromatic heterocycles. The average molecular weight is 276 g/mol. The molecule has 1 aliphatic heterocycles. The molecule has 1 unspecified atom stereocenters. The SMILES string of the molecule is CN1CCCCC1CNCc1cccc(C(N)=NO)c1. The first kappa shape index (κ1) is 14.8. The summed E-state index contributed by atoms with van der Waals surface area (Å²) in [6.45, 7) is 3.01. The van der Waals surface area contributed by atoms with Gasteiger partial charge in [-0.15, -0.1) is 0 Å². The van der Waals surface area contributed by atoms with Crippen molar-refractivity contribution in [1.29, 1.82) is 0 Å². The van der Waals surface area contributed by atoms with Crippen LogP contribution in [-0.2, 0) is 6.54 Å². The summed E-state index contributed by atoms with van der Waals surface area (Å²) in [5, 5.41) is 15.2. The van der Waals surface area contributed by atoms with Crippen molar-refractivity contribution in [2.75, 3.05) is 20.1 Å². The zero-order valence-corrected chi connectivity index (χ0v) is 12.0. The number of hydrogen-bond donors (Lipinski definition) is 3. The van der Waals surface area contributed by atoms with E-state index in [9.17, 15) is 0 Å². The average Bonchev–Trinajstić information content (AvgIpc) is 2.49. The molecule has 1 atom stereocenters. The Hall–Kier alpha value is -1.59. The first-order chi connectivity index (χ1) is 9.70. The quantitative estimate of drug-likeness (QED) is 0.328. The van der Waals surface area contributed by atoms with Crippen LogP contribution in [0.1, 0.15) is 30.4 Å². The molecule has 4 N–H and O–H groups in total. The molecule has 1 saturated heterocycles. The fourth-order valence-corrected chi connectivity index (χ4v) is 2.68. The maximum atomic E-state index is 8.70. The summed E-state index contributed by atoms with van der Waals surface area (Å²) in [5.74, 6) is 0.152. The minimum absolute atomic E-state index is 0.152. The van der Waals surface area contributed by atoms with Crippen molar-refractivity contribution < 1.29 is 5.21 Å². The minimum atomic E-state index is 0.152. The van der Waals surface area contributed by atoms with Gasteiger partial charge in [0.2, 0.25) is 0 Å². The lowest BCUT2D eigenvalue weighted by Gasteiger charge is -2.32. The molecule has 1 fully saturated rings. The van der Waals surface area contributed by atoms with Crippen molar-refractivity contribution in [3.8, 4) is 0 Å². The summed E-state index contributed by atoms with van der Waals surface area (Å²) in [4.78, 5) is 2.43. The summed E-state index contributed by atoms with van der Waals surface area (Å²) >= 11 is 0. The van der Waals surface area contributed by atoms with Crippen LogP contribution in [0.15, 0.2) is 29.4 Å². The zero-order valence-electron chi connectivity index (χ0n) is 12.0. The predicted molar refractivity (Wildman–Crippen MR) is 80.9 cm³/mol. The van der Waals surface area contributed by atoms with Crippen LogP contribution >= 0.6 is 0 Å². The van der Waals surface area contributed by atoms with E-state index >= 15 is 0 Å². The number of nitrogens with one attached hydrogen (secondary N) is 1. The Morgan fingerprint density at radius 2 is 2.35 bits per heavy atom. The number of oxime groups is 1. The molecule has 0 amide bonds. The van der Waals surface area contributed by atoms with E-state index in [0.29, 0.717) is 6.04 Å².